The van der Waals surface area contributed by atoms with Gasteiger partial charge in [0.15, 0.2) is 6.61 Å². The Balaban J connectivity index is 1.17. The molecule has 0 aliphatic carbocycles. The monoisotopic (exact) mass is 590 g/mol. The van der Waals surface area contributed by atoms with Crippen LogP contribution in [-0.4, -0.2) is 30.2 Å². The van der Waals surface area contributed by atoms with E-state index in [1.165, 1.54) is 20.6 Å². The molecule has 0 radical (unpaired) electrons. The van der Waals surface area contributed by atoms with Gasteiger partial charge in [0.25, 0.3) is 5.91 Å². The summed E-state index contributed by atoms with van der Waals surface area (Å²) in [6, 6.07) is 23.7. The Morgan fingerprint density at radius 3 is 2.27 bits per heavy atom. The maximum Gasteiger partial charge on any atom is 0.277 e. The Morgan fingerprint density at radius 1 is 0.939 bits per heavy atom. The van der Waals surface area contributed by atoms with E-state index in [0.29, 0.717) is 16.9 Å². The number of nitrogens with one attached hydrogen (secondary N) is 1. The van der Waals surface area contributed by atoms with Gasteiger partial charge < -0.3 is 9.47 Å². The number of hydrazone groups is 1. The average Bonchev–Trinajstić information content (AvgIpc) is 3.39. The maximum absolute atomic E-state index is 12.0. The number of rotatable bonds is 9. The average molecular weight is 591 g/mol. The van der Waals surface area contributed by atoms with Crippen LogP contribution in [0.3, 0.4) is 0 Å². The number of ether oxygens (including phenoxy) is 2. The van der Waals surface area contributed by atoms with Gasteiger partial charge in [-0.2, -0.15) is 5.10 Å². The van der Waals surface area contributed by atoms with Gasteiger partial charge in [-0.15, -0.1) is 23.5 Å². The van der Waals surface area contributed by atoms with Crippen LogP contribution in [0.4, 0.5) is 0 Å². The van der Waals surface area contributed by atoms with Gasteiger partial charge >= 0.3 is 0 Å². The Labute approximate surface area is 215 Å². The van der Waals surface area contributed by atoms with Crippen LogP contribution < -0.4 is 14.9 Å². The van der Waals surface area contributed by atoms with Crippen LogP contribution in [0.25, 0.3) is 0 Å². The van der Waals surface area contributed by atoms with Gasteiger partial charge in [0.2, 0.25) is 0 Å². The molecule has 0 atom stereocenters. The topological polar surface area (TPSA) is 59.9 Å². The van der Waals surface area contributed by atoms with E-state index in [1.807, 2.05) is 59.9 Å². The zero-order chi connectivity index (χ0) is 22.9. The third kappa shape index (κ3) is 7.68. The molecule has 1 amide bonds. The Kier molecular flexibility index (Phi) is 8.96. The van der Waals surface area contributed by atoms with Crippen LogP contribution in [0.2, 0.25) is 0 Å². The zero-order valence-electron chi connectivity index (χ0n) is 17.8. The van der Waals surface area contributed by atoms with Gasteiger partial charge in [-0.1, -0.05) is 24.3 Å². The lowest BCUT2D eigenvalue weighted by molar-refractivity contribution is -0.123. The normalized spacial score (nSPS) is 13.8. The molecular weight excluding hydrogens is 567 g/mol. The van der Waals surface area contributed by atoms with Crippen molar-refractivity contribution in [3.63, 3.8) is 0 Å². The highest BCUT2D eigenvalue weighted by Gasteiger charge is 2.17. The van der Waals surface area contributed by atoms with Gasteiger partial charge in [0.1, 0.15) is 18.1 Å². The van der Waals surface area contributed by atoms with Gasteiger partial charge in [-0.25, -0.2) is 5.43 Å². The molecule has 0 bridgehead atoms. The van der Waals surface area contributed by atoms with E-state index in [4.69, 9.17) is 9.47 Å². The fraction of sp³-hybridized carbons (Fsp3) is 0.200. The molecule has 0 aromatic heterocycles. The number of amides is 1. The standard InChI is InChI=1S/C25H23IN2O3S2/c26-21-7-1-19(2-8-21)16-30-22-9-3-18(4-10-22)15-27-28-24(29)17-31-23-11-5-20(6-12-23)25-32-13-14-33-25/h1-12,15,25H,13-14,16-17H2,(H,28,29)/b27-15-. The predicted octanol–water partition coefficient (Wildman–Crippen LogP) is 5.88. The van der Waals surface area contributed by atoms with Crippen LogP contribution in [0.15, 0.2) is 77.9 Å². The molecule has 3 aromatic carbocycles. The van der Waals surface area contributed by atoms with Gasteiger partial charge in [-0.05, 0) is 87.8 Å². The fourth-order valence-electron chi connectivity index (χ4n) is 3.03. The highest BCUT2D eigenvalue weighted by Crippen LogP contribution is 2.45. The third-order valence-electron chi connectivity index (χ3n) is 4.75. The minimum Gasteiger partial charge on any atom is -0.489 e. The lowest BCUT2D eigenvalue weighted by Gasteiger charge is -2.10. The van der Waals surface area contributed by atoms with E-state index >= 15 is 0 Å². The van der Waals surface area contributed by atoms with E-state index in [-0.39, 0.29) is 12.5 Å². The van der Waals surface area contributed by atoms with Crippen molar-refractivity contribution in [1.29, 1.82) is 0 Å². The summed E-state index contributed by atoms with van der Waals surface area (Å²) in [6.45, 7) is 0.427. The molecule has 5 nitrogen and oxygen atoms in total. The number of halogens is 1. The molecule has 1 heterocycles. The van der Waals surface area contributed by atoms with Crippen molar-refractivity contribution in [2.24, 2.45) is 5.10 Å². The number of carbonyl (C=O) groups excluding carboxylic acids is 1. The lowest BCUT2D eigenvalue weighted by atomic mass is 10.2. The van der Waals surface area contributed by atoms with Gasteiger partial charge in [0, 0.05) is 15.1 Å². The Bertz CT molecular complexity index is 1070. The Morgan fingerprint density at radius 2 is 1.58 bits per heavy atom. The largest absolute Gasteiger partial charge is 0.489 e. The number of hydrogen-bond donors (Lipinski definition) is 1. The number of nitrogens with zero attached hydrogens (tertiary/aromatic N) is 1. The molecule has 0 unspecified atom stereocenters. The van der Waals surface area contributed by atoms with E-state index in [1.54, 1.807) is 6.21 Å². The Hall–Kier alpha value is -2.17. The second kappa shape index (κ2) is 12.3. The van der Waals surface area contributed by atoms with Gasteiger partial charge in [0.05, 0.1) is 10.8 Å². The molecular formula is C25H23IN2O3S2. The van der Waals surface area contributed by atoms with E-state index in [9.17, 15) is 4.79 Å². The minimum atomic E-state index is -0.310. The molecule has 0 spiro atoms. The number of carbonyl (C=O) groups is 1. The van der Waals surface area contributed by atoms with Crippen molar-refractivity contribution in [2.45, 2.75) is 11.2 Å². The first kappa shape index (κ1) is 24.0. The first-order valence-corrected chi connectivity index (χ1v) is 13.6. The van der Waals surface area contributed by atoms with Crippen LogP contribution in [0, 0.1) is 3.57 Å². The predicted molar refractivity (Wildman–Crippen MR) is 145 cm³/mol. The summed E-state index contributed by atoms with van der Waals surface area (Å²) >= 11 is 6.21. The molecule has 1 aliphatic rings. The summed E-state index contributed by atoms with van der Waals surface area (Å²) in [7, 11) is 0. The quantitative estimate of drug-likeness (QED) is 0.192. The highest BCUT2D eigenvalue weighted by molar-refractivity contribution is 14.1. The summed E-state index contributed by atoms with van der Waals surface area (Å²) in [5, 5.41) is 4.00. The van der Waals surface area contributed by atoms with Crippen LogP contribution >= 0.6 is 46.1 Å². The molecule has 1 saturated heterocycles. The van der Waals surface area contributed by atoms with E-state index in [0.717, 1.165) is 16.9 Å². The number of thioether (sulfide) groups is 2. The molecule has 1 aliphatic heterocycles. The van der Waals surface area contributed by atoms with Crippen molar-refractivity contribution in [3.05, 3.63) is 93.1 Å². The SMILES string of the molecule is O=C(COc1ccc(C2SCCS2)cc1)N/N=C\c1ccc(OCc2ccc(I)cc2)cc1. The molecule has 1 N–H and O–H groups in total. The zero-order valence-corrected chi connectivity index (χ0v) is 21.6. The summed E-state index contributed by atoms with van der Waals surface area (Å²) < 4.78 is 13.1. The van der Waals surface area contributed by atoms with E-state index in [2.05, 4.69) is 69.5 Å². The summed E-state index contributed by atoms with van der Waals surface area (Å²) in [4.78, 5) is 12.0. The smallest absolute Gasteiger partial charge is 0.277 e. The van der Waals surface area contributed by atoms with Crippen molar-refractivity contribution in [3.8, 4) is 11.5 Å². The molecule has 1 fully saturated rings. The second-order valence-corrected chi connectivity index (χ2v) is 11.2. The summed E-state index contributed by atoms with van der Waals surface area (Å²) in [5.41, 5.74) is 5.75. The molecule has 33 heavy (non-hydrogen) atoms. The molecule has 3 aromatic rings. The number of hydrogen-bond acceptors (Lipinski definition) is 6. The molecule has 0 saturated carbocycles. The molecule has 8 heteroatoms. The fourth-order valence-corrected chi connectivity index (χ4v) is 6.25. The third-order valence-corrected chi connectivity index (χ3v) is 8.57. The highest BCUT2D eigenvalue weighted by atomic mass is 127. The van der Waals surface area contributed by atoms with Gasteiger partial charge in [-0.3, -0.25) is 4.79 Å². The second-order valence-electron chi connectivity index (χ2n) is 7.21. The molecule has 170 valence electrons. The van der Waals surface area contributed by atoms with Crippen LogP contribution in [-0.2, 0) is 11.4 Å². The first-order valence-electron chi connectivity index (χ1n) is 10.4. The van der Waals surface area contributed by atoms with Crippen molar-refractivity contribution >= 4 is 58.2 Å². The van der Waals surface area contributed by atoms with E-state index < -0.39 is 0 Å². The lowest BCUT2D eigenvalue weighted by Crippen LogP contribution is -2.24. The van der Waals surface area contributed by atoms with Crippen LogP contribution in [0.1, 0.15) is 21.3 Å². The number of benzene rings is 3. The summed E-state index contributed by atoms with van der Waals surface area (Å²) in [5.74, 6) is 3.53. The van der Waals surface area contributed by atoms with Crippen molar-refractivity contribution in [1.82, 2.24) is 5.43 Å². The van der Waals surface area contributed by atoms with Crippen molar-refractivity contribution in [2.75, 3.05) is 18.1 Å². The molecule has 4 rings (SSSR count). The summed E-state index contributed by atoms with van der Waals surface area (Å²) in [6.07, 6.45) is 1.59. The first-order chi connectivity index (χ1) is 16.2. The minimum absolute atomic E-state index is 0.0884. The maximum atomic E-state index is 12.0. The van der Waals surface area contributed by atoms with Crippen LogP contribution in [0.5, 0.6) is 11.5 Å². The van der Waals surface area contributed by atoms with Crippen molar-refractivity contribution < 1.29 is 14.3 Å².